The third-order valence-electron chi connectivity index (χ3n) is 5.47. The summed E-state index contributed by atoms with van der Waals surface area (Å²) < 4.78 is 27.0. The van der Waals surface area contributed by atoms with Gasteiger partial charge in [0.2, 0.25) is 0 Å². The molecule has 3 aliphatic heterocycles. The molecule has 4 unspecified atom stereocenters. The Hall–Kier alpha value is -1.80. The first kappa shape index (κ1) is 15.7. The molecule has 1 amide bonds. The van der Waals surface area contributed by atoms with Crippen molar-refractivity contribution >= 4 is 12.1 Å². The minimum absolute atomic E-state index is 0.0619. The van der Waals surface area contributed by atoms with Crippen LogP contribution in [-0.4, -0.2) is 68.4 Å². The summed E-state index contributed by atoms with van der Waals surface area (Å²) in [6.45, 7) is 3.98. The van der Waals surface area contributed by atoms with Gasteiger partial charge in [0.25, 0.3) is 6.29 Å². The molecule has 0 aromatic carbocycles. The van der Waals surface area contributed by atoms with Gasteiger partial charge >= 0.3 is 12.1 Å². The van der Waals surface area contributed by atoms with Crippen molar-refractivity contribution in [1.29, 1.82) is 0 Å². The first-order valence-corrected chi connectivity index (χ1v) is 8.19. The fourth-order valence-corrected chi connectivity index (χ4v) is 4.06. The number of methoxy groups -OCH3 is 1. The molecular formula is C16H21NO7. The minimum atomic E-state index is -0.767. The Labute approximate surface area is 139 Å². The van der Waals surface area contributed by atoms with Crippen LogP contribution in [0.3, 0.4) is 0 Å². The lowest BCUT2D eigenvalue weighted by atomic mass is 9.82. The van der Waals surface area contributed by atoms with Crippen LogP contribution in [0.15, 0.2) is 11.8 Å². The quantitative estimate of drug-likeness (QED) is 0.539. The molecule has 8 nitrogen and oxygen atoms in total. The summed E-state index contributed by atoms with van der Waals surface area (Å²) in [5.74, 6) is -0.711. The molecule has 0 bridgehead atoms. The molecule has 0 N–H and O–H groups in total. The van der Waals surface area contributed by atoms with Gasteiger partial charge in [-0.3, -0.25) is 0 Å². The Morgan fingerprint density at radius 3 is 2.79 bits per heavy atom. The van der Waals surface area contributed by atoms with Crippen LogP contribution in [0.5, 0.6) is 0 Å². The van der Waals surface area contributed by atoms with Crippen LogP contribution < -0.4 is 0 Å². The highest BCUT2D eigenvalue weighted by Crippen LogP contribution is 2.61. The molecule has 8 heteroatoms. The standard InChI is InChI=1S/C16H21NO7/c1-16-11(24-16)7-9-10(13(18)20-2)8-22-14(12(9)16)23-15(19)17-3-5-21-6-4-17/h8-9,11-12,14H,3-7H2,1-2H3/t9?,11?,12?,14?,16-/m0/s1. The number of carbonyl (C=O) groups is 2. The van der Waals surface area contributed by atoms with E-state index >= 15 is 0 Å². The number of morpholine rings is 1. The first-order valence-electron chi connectivity index (χ1n) is 8.19. The SMILES string of the molecule is COC(=O)C1=COC(OC(=O)N2CCOCC2)C2C1CC1O[C@@]12C. The third kappa shape index (κ3) is 2.36. The van der Waals surface area contributed by atoms with Gasteiger partial charge in [-0.05, 0) is 13.3 Å². The van der Waals surface area contributed by atoms with E-state index in [1.807, 2.05) is 6.92 Å². The van der Waals surface area contributed by atoms with Crippen molar-refractivity contribution in [2.24, 2.45) is 11.8 Å². The van der Waals surface area contributed by atoms with Crippen LogP contribution in [-0.2, 0) is 28.5 Å². The van der Waals surface area contributed by atoms with Gasteiger partial charge in [0.1, 0.15) is 5.60 Å². The van der Waals surface area contributed by atoms with E-state index in [0.29, 0.717) is 38.3 Å². The number of carbonyl (C=O) groups excluding carboxylic acids is 2. The Balaban J connectivity index is 1.52. The molecule has 3 fully saturated rings. The average Bonchev–Trinajstić information content (AvgIpc) is 3.16. The van der Waals surface area contributed by atoms with E-state index < -0.39 is 24.0 Å². The van der Waals surface area contributed by atoms with Crippen molar-refractivity contribution in [3.63, 3.8) is 0 Å². The summed E-state index contributed by atoms with van der Waals surface area (Å²) in [7, 11) is 1.34. The maximum atomic E-state index is 12.4. The third-order valence-corrected chi connectivity index (χ3v) is 5.47. The van der Waals surface area contributed by atoms with Crippen molar-refractivity contribution in [2.45, 2.75) is 31.3 Å². The summed E-state index contributed by atoms with van der Waals surface area (Å²) in [4.78, 5) is 25.9. The molecule has 2 saturated heterocycles. The van der Waals surface area contributed by atoms with Crippen molar-refractivity contribution in [1.82, 2.24) is 4.90 Å². The maximum Gasteiger partial charge on any atom is 0.413 e. The van der Waals surface area contributed by atoms with Crippen molar-refractivity contribution in [2.75, 3.05) is 33.4 Å². The van der Waals surface area contributed by atoms with Crippen LogP contribution in [0.2, 0.25) is 0 Å². The molecular weight excluding hydrogens is 318 g/mol. The Morgan fingerprint density at radius 1 is 1.33 bits per heavy atom. The van der Waals surface area contributed by atoms with E-state index in [2.05, 4.69) is 0 Å². The maximum absolute atomic E-state index is 12.4. The average molecular weight is 339 g/mol. The van der Waals surface area contributed by atoms with Gasteiger partial charge in [-0.2, -0.15) is 0 Å². The topological polar surface area (TPSA) is 86.8 Å². The highest BCUT2D eigenvalue weighted by atomic mass is 16.7. The highest BCUT2D eigenvalue weighted by molar-refractivity contribution is 5.89. The van der Waals surface area contributed by atoms with E-state index in [-0.39, 0.29) is 17.9 Å². The molecule has 4 rings (SSSR count). The van der Waals surface area contributed by atoms with Crippen LogP contribution in [0.1, 0.15) is 13.3 Å². The van der Waals surface area contributed by atoms with E-state index in [4.69, 9.17) is 23.7 Å². The summed E-state index contributed by atoms with van der Waals surface area (Å²) in [6, 6.07) is 0. The molecule has 4 aliphatic rings. The van der Waals surface area contributed by atoms with Gasteiger partial charge in [-0.1, -0.05) is 0 Å². The zero-order valence-corrected chi connectivity index (χ0v) is 13.7. The predicted molar refractivity (Wildman–Crippen MR) is 78.7 cm³/mol. The van der Waals surface area contributed by atoms with Gasteiger partial charge in [0.15, 0.2) is 0 Å². The number of fused-ring (bicyclic) bond motifs is 3. The molecule has 1 aliphatic carbocycles. The zero-order valence-electron chi connectivity index (χ0n) is 13.7. The Morgan fingerprint density at radius 2 is 2.08 bits per heavy atom. The van der Waals surface area contributed by atoms with Crippen molar-refractivity contribution < 1.29 is 33.3 Å². The second-order valence-electron chi connectivity index (χ2n) is 6.71. The molecule has 0 aromatic heterocycles. The molecule has 0 radical (unpaired) electrons. The highest BCUT2D eigenvalue weighted by Gasteiger charge is 2.71. The first-order chi connectivity index (χ1) is 11.5. The lowest BCUT2D eigenvalue weighted by Crippen LogP contribution is -2.47. The van der Waals surface area contributed by atoms with Crippen LogP contribution >= 0.6 is 0 Å². The fraction of sp³-hybridized carbons (Fsp3) is 0.750. The predicted octanol–water partition coefficient (Wildman–Crippen LogP) is 0.662. The van der Waals surface area contributed by atoms with Gasteiger partial charge in [0, 0.05) is 19.0 Å². The largest absolute Gasteiger partial charge is 0.466 e. The zero-order chi connectivity index (χ0) is 16.9. The van der Waals surface area contributed by atoms with Gasteiger partial charge in [-0.15, -0.1) is 0 Å². The molecule has 1 saturated carbocycles. The number of nitrogens with zero attached hydrogens (tertiary/aromatic N) is 1. The Bertz CT molecular complexity index is 585. The summed E-state index contributed by atoms with van der Waals surface area (Å²) >= 11 is 0. The lowest BCUT2D eigenvalue weighted by molar-refractivity contribution is -0.154. The second kappa shape index (κ2) is 5.63. The van der Waals surface area contributed by atoms with Crippen LogP contribution in [0.4, 0.5) is 4.79 Å². The Kier molecular flexibility index (Phi) is 3.69. The second-order valence-corrected chi connectivity index (χ2v) is 6.71. The normalized spacial score (nSPS) is 39.9. The van der Waals surface area contributed by atoms with Gasteiger partial charge in [-0.25, -0.2) is 9.59 Å². The number of ether oxygens (including phenoxy) is 5. The minimum Gasteiger partial charge on any atom is -0.466 e. The van der Waals surface area contributed by atoms with E-state index in [0.717, 1.165) is 0 Å². The molecule has 24 heavy (non-hydrogen) atoms. The number of amides is 1. The number of esters is 1. The molecule has 5 atom stereocenters. The van der Waals surface area contributed by atoms with Crippen molar-refractivity contribution in [3.05, 3.63) is 11.8 Å². The summed E-state index contributed by atoms with van der Waals surface area (Å²) in [5, 5.41) is 0. The van der Waals surface area contributed by atoms with E-state index in [9.17, 15) is 9.59 Å². The number of rotatable bonds is 2. The molecule has 3 heterocycles. The van der Waals surface area contributed by atoms with Gasteiger partial charge < -0.3 is 28.6 Å². The van der Waals surface area contributed by atoms with Gasteiger partial charge in [0.05, 0.1) is 44.2 Å². The number of hydrogen-bond acceptors (Lipinski definition) is 7. The fourth-order valence-electron chi connectivity index (χ4n) is 4.06. The summed E-state index contributed by atoms with van der Waals surface area (Å²) in [6.07, 6.45) is 0.947. The van der Waals surface area contributed by atoms with Crippen molar-refractivity contribution in [3.8, 4) is 0 Å². The number of epoxide rings is 1. The summed E-state index contributed by atoms with van der Waals surface area (Å²) in [5.41, 5.74) is 0.0620. The molecule has 0 spiro atoms. The van der Waals surface area contributed by atoms with E-state index in [1.165, 1.54) is 13.4 Å². The monoisotopic (exact) mass is 339 g/mol. The lowest BCUT2D eigenvalue weighted by Gasteiger charge is -2.37. The van der Waals surface area contributed by atoms with Crippen LogP contribution in [0.25, 0.3) is 0 Å². The number of hydrogen-bond donors (Lipinski definition) is 0. The molecule has 132 valence electrons. The smallest absolute Gasteiger partial charge is 0.413 e. The molecule has 0 aromatic rings. The van der Waals surface area contributed by atoms with E-state index in [1.54, 1.807) is 4.90 Å². The van der Waals surface area contributed by atoms with Crippen LogP contribution in [0, 0.1) is 11.8 Å².